The van der Waals surface area contributed by atoms with Crippen LogP contribution in [0.1, 0.15) is 0 Å². The molecule has 1 unspecified atom stereocenters. The Balaban J connectivity index is 1.50. The Morgan fingerprint density at radius 3 is 2.52 bits per heavy atom. The standard InChI is InChI=1S/C17H19ClN6O3/c18-16-15(19-9-14-11-21-5-7-22(14)8-6-21)10-20-23(17(16)25)12-1-3-13(4-2-12)24(26)27/h1-4,10,14,19H,5-9,11H2. The minimum atomic E-state index is -0.496. The van der Waals surface area contributed by atoms with Gasteiger partial charge in [0.05, 0.1) is 22.5 Å². The number of rotatable bonds is 5. The lowest BCUT2D eigenvalue weighted by atomic mass is 10.1. The summed E-state index contributed by atoms with van der Waals surface area (Å²) in [4.78, 5) is 27.7. The van der Waals surface area contributed by atoms with Crippen LogP contribution in [-0.2, 0) is 0 Å². The van der Waals surface area contributed by atoms with Crippen molar-refractivity contribution in [3.8, 4) is 5.69 Å². The average Bonchev–Trinajstić information content (AvgIpc) is 2.70. The smallest absolute Gasteiger partial charge is 0.292 e. The molecule has 1 atom stereocenters. The van der Waals surface area contributed by atoms with Gasteiger partial charge in [-0.3, -0.25) is 24.7 Å². The van der Waals surface area contributed by atoms with Crippen LogP contribution in [-0.4, -0.2) is 69.8 Å². The maximum Gasteiger partial charge on any atom is 0.292 e. The van der Waals surface area contributed by atoms with E-state index in [1.165, 1.54) is 30.5 Å². The SMILES string of the molecule is O=c1c(Cl)c(NCC2CN3CCN2CC3)cnn1-c1ccc([N+](=O)[O-])cc1. The van der Waals surface area contributed by atoms with Gasteiger partial charge in [0.25, 0.3) is 11.2 Å². The third-order valence-corrected chi connectivity index (χ3v) is 5.51. The molecule has 0 spiro atoms. The molecular formula is C17H19ClN6O3. The fourth-order valence-electron chi connectivity index (χ4n) is 3.60. The number of nitro groups is 1. The van der Waals surface area contributed by atoms with Crippen molar-refractivity contribution >= 4 is 23.0 Å². The van der Waals surface area contributed by atoms with E-state index < -0.39 is 10.5 Å². The van der Waals surface area contributed by atoms with Crippen molar-refractivity contribution < 1.29 is 4.92 Å². The number of anilines is 1. The Kier molecular flexibility index (Phi) is 4.81. The molecule has 27 heavy (non-hydrogen) atoms. The summed E-state index contributed by atoms with van der Waals surface area (Å²) in [5.74, 6) is 0. The highest BCUT2D eigenvalue weighted by Crippen LogP contribution is 2.20. The molecule has 142 valence electrons. The molecule has 1 aromatic heterocycles. The molecule has 1 N–H and O–H groups in total. The fraction of sp³-hybridized carbons (Fsp3) is 0.412. The second kappa shape index (κ2) is 7.26. The summed E-state index contributed by atoms with van der Waals surface area (Å²) in [6.45, 7) is 6.07. The van der Waals surface area contributed by atoms with Gasteiger partial charge in [-0.25, -0.2) is 0 Å². The summed E-state index contributed by atoms with van der Waals surface area (Å²) in [5, 5.41) is 18.2. The monoisotopic (exact) mass is 390 g/mol. The molecule has 2 aromatic rings. The summed E-state index contributed by atoms with van der Waals surface area (Å²) in [6.07, 6.45) is 1.52. The lowest BCUT2D eigenvalue weighted by molar-refractivity contribution is -0.384. The molecule has 1 aromatic carbocycles. The van der Waals surface area contributed by atoms with Crippen LogP contribution in [0, 0.1) is 10.1 Å². The predicted molar refractivity (Wildman–Crippen MR) is 102 cm³/mol. The van der Waals surface area contributed by atoms with Crippen molar-refractivity contribution in [2.24, 2.45) is 0 Å². The molecule has 4 heterocycles. The Hall–Kier alpha value is -2.49. The van der Waals surface area contributed by atoms with Crippen LogP contribution in [0.25, 0.3) is 5.69 Å². The number of non-ortho nitro benzene ring substituents is 1. The van der Waals surface area contributed by atoms with Crippen molar-refractivity contribution in [3.63, 3.8) is 0 Å². The summed E-state index contributed by atoms with van der Waals surface area (Å²) >= 11 is 6.26. The molecule has 0 amide bonds. The van der Waals surface area contributed by atoms with Gasteiger partial charge in [-0.15, -0.1) is 0 Å². The van der Waals surface area contributed by atoms with E-state index in [1.807, 2.05) is 0 Å². The van der Waals surface area contributed by atoms with Crippen molar-refractivity contribution in [1.82, 2.24) is 19.6 Å². The number of fused-ring (bicyclic) bond motifs is 3. The van der Waals surface area contributed by atoms with Crippen molar-refractivity contribution in [2.75, 3.05) is 44.6 Å². The average molecular weight is 391 g/mol. The number of nitrogens with one attached hydrogen (secondary N) is 1. The van der Waals surface area contributed by atoms with Gasteiger partial charge in [0.15, 0.2) is 0 Å². The Bertz CT molecular complexity index is 908. The first kappa shape index (κ1) is 17.9. The molecule has 5 rings (SSSR count). The molecule has 3 fully saturated rings. The lowest BCUT2D eigenvalue weighted by Crippen LogP contribution is -2.62. The maximum atomic E-state index is 12.6. The van der Waals surface area contributed by atoms with E-state index in [1.54, 1.807) is 0 Å². The third kappa shape index (κ3) is 3.53. The lowest BCUT2D eigenvalue weighted by Gasteiger charge is -2.47. The maximum absolute atomic E-state index is 12.6. The molecule has 2 bridgehead atoms. The zero-order chi connectivity index (χ0) is 19.0. The van der Waals surface area contributed by atoms with E-state index in [9.17, 15) is 14.9 Å². The number of nitrogens with zero attached hydrogens (tertiary/aromatic N) is 5. The zero-order valence-electron chi connectivity index (χ0n) is 14.5. The Morgan fingerprint density at radius 2 is 1.93 bits per heavy atom. The van der Waals surface area contributed by atoms with E-state index in [2.05, 4.69) is 20.2 Å². The normalized spacial score (nSPS) is 24.0. The number of hydrogen-bond donors (Lipinski definition) is 1. The van der Waals surface area contributed by atoms with Gasteiger partial charge in [0, 0.05) is 57.4 Å². The van der Waals surface area contributed by atoms with Crippen molar-refractivity contribution in [2.45, 2.75) is 6.04 Å². The summed E-state index contributed by atoms with van der Waals surface area (Å²) in [7, 11) is 0. The van der Waals surface area contributed by atoms with Crippen LogP contribution in [0.15, 0.2) is 35.3 Å². The highest BCUT2D eigenvalue weighted by atomic mass is 35.5. The van der Waals surface area contributed by atoms with Crippen molar-refractivity contribution in [3.05, 3.63) is 56.0 Å². The Labute approximate surface area is 160 Å². The highest BCUT2D eigenvalue weighted by Gasteiger charge is 2.31. The van der Waals surface area contributed by atoms with E-state index in [-0.39, 0.29) is 10.7 Å². The van der Waals surface area contributed by atoms with Gasteiger partial charge in [-0.05, 0) is 12.1 Å². The van der Waals surface area contributed by atoms with Gasteiger partial charge in [-0.1, -0.05) is 11.6 Å². The third-order valence-electron chi connectivity index (χ3n) is 5.14. The minimum Gasteiger partial charge on any atom is -0.381 e. The molecular weight excluding hydrogens is 372 g/mol. The van der Waals surface area contributed by atoms with Crippen LogP contribution in [0.5, 0.6) is 0 Å². The first-order valence-corrected chi connectivity index (χ1v) is 9.13. The largest absolute Gasteiger partial charge is 0.381 e. The topological polar surface area (TPSA) is 96.5 Å². The quantitative estimate of drug-likeness (QED) is 0.605. The van der Waals surface area contributed by atoms with Gasteiger partial charge in [0.2, 0.25) is 0 Å². The van der Waals surface area contributed by atoms with Gasteiger partial charge in [0.1, 0.15) is 5.02 Å². The van der Waals surface area contributed by atoms with E-state index in [0.29, 0.717) is 24.0 Å². The van der Waals surface area contributed by atoms with E-state index in [4.69, 9.17) is 11.6 Å². The molecule has 3 saturated heterocycles. The molecule has 3 aliphatic rings. The number of nitro benzene ring substituents is 1. The minimum absolute atomic E-state index is 0.0521. The summed E-state index contributed by atoms with van der Waals surface area (Å²) < 4.78 is 1.13. The summed E-state index contributed by atoms with van der Waals surface area (Å²) in [6, 6.07) is 5.98. The number of halogens is 1. The molecule has 9 nitrogen and oxygen atoms in total. The number of piperazine rings is 3. The summed E-state index contributed by atoms with van der Waals surface area (Å²) in [5.41, 5.74) is 0.397. The number of aromatic nitrogens is 2. The van der Waals surface area contributed by atoms with Crippen LogP contribution in [0.2, 0.25) is 5.02 Å². The second-order valence-corrected chi connectivity index (χ2v) is 7.11. The van der Waals surface area contributed by atoms with Crippen LogP contribution < -0.4 is 10.9 Å². The van der Waals surface area contributed by atoms with E-state index in [0.717, 1.165) is 37.4 Å². The van der Waals surface area contributed by atoms with Crippen LogP contribution >= 0.6 is 11.6 Å². The zero-order valence-corrected chi connectivity index (χ0v) is 15.3. The second-order valence-electron chi connectivity index (χ2n) is 6.73. The van der Waals surface area contributed by atoms with Gasteiger partial charge >= 0.3 is 0 Å². The molecule has 0 saturated carbocycles. The molecule has 0 radical (unpaired) electrons. The first-order valence-electron chi connectivity index (χ1n) is 8.76. The molecule has 10 heteroatoms. The molecule has 0 aliphatic carbocycles. The Morgan fingerprint density at radius 1 is 1.22 bits per heavy atom. The van der Waals surface area contributed by atoms with Gasteiger partial charge < -0.3 is 5.32 Å². The number of benzene rings is 1. The first-order chi connectivity index (χ1) is 13.0. The van der Waals surface area contributed by atoms with E-state index >= 15 is 0 Å². The van der Waals surface area contributed by atoms with Gasteiger partial charge in [-0.2, -0.15) is 9.78 Å². The van der Waals surface area contributed by atoms with Crippen LogP contribution in [0.3, 0.4) is 0 Å². The van der Waals surface area contributed by atoms with Crippen molar-refractivity contribution in [1.29, 1.82) is 0 Å². The number of hydrogen-bond acceptors (Lipinski definition) is 7. The predicted octanol–water partition coefficient (Wildman–Crippen LogP) is 1.21. The molecule has 3 aliphatic heterocycles. The highest BCUT2D eigenvalue weighted by molar-refractivity contribution is 6.32. The van der Waals surface area contributed by atoms with Crippen LogP contribution in [0.4, 0.5) is 11.4 Å². The fourth-order valence-corrected chi connectivity index (χ4v) is 3.80.